The van der Waals surface area contributed by atoms with Crippen molar-refractivity contribution < 1.29 is 18.9 Å². The Kier molecular flexibility index (Phi) is 6.23. The highest BCUT2D eigenvalue weighted by molar-refractivity contribution is 5.64. The van der Waals surface area contributed by atoms with Gasteiger partial charge >= 0.3 is 0 Å². The van der Waals surface area contributed by atoms with Crippen molar-refractivity contribution in [2.45, 2.75) is 26.1 Å². The molecule has 0 fully saturated rings. The van der Waals surface area contributed by atoms with E-state index in [2.05, 4.69) is 33.9 Å². The zero-order chi connectivity index (χ0) is 21.8. The number of ether oxygens (including phenoxy) is 4. The molecule has 0 aliphatic carbocycles. The highest BCUT2D eigenvalue weighted by Crippen LogP contribution is 2.39. The molecule has 1 atom stereocenters. The molecule has 0 saturated heterocycles. The first-order valence-corrected chi connectivity index (χ1v) is 10.2. The first kappa shape index (κ1) is 20.9. The Morgan fingerprint density at radius 1 is 0.968 bits per heavy atom. The molecule has 0 N–H and O–H groups in total. The topological polar surface area (TPSA) is 65.9 Å². The molecule has 4 rings (SSSR count). The van der Waals surface area contributed by atoms with Crippen LogP contribution in [-0.2, 0) is 13.1 Å². The second-order valence-corrected chi connectivity index (χ2v) is 7.55. The third-order valence-electron chi connectivity index (χ3n) is 5.54. The van der Waals surface area contributed by atoms with E-state index >= 15 is 0 Å². The van der Waals surface area contributed by atoms with Crippen LogP contribution in [0.5, 0.6) is 23.0 Å². The number of methoxy groups -OCH3 is 3. The molecule has 0 radical (unpaired) electrons. The van der Waals surface area contributed by atoms with Crippen LogP contribution in [0, 0.1) is 0 Å². The van der Waals surface area contributed by atoms with Gasteiger partial charge in [0.15, 0.2) is 11.5 Å². The molecule has 1 aliphatic heterocycles. The standard InChI is InChI=1S/C24H27N3O4/c1-16-14-31-21-6-5-18(20-10-25-15-26-11-20)9-19(21)13-27(16)12-17-7-22(28-2)24(30-4)23(8-17)29-3/h5-11,15-16H,12-14H2,1-4H3/t16-/m0/s1. The van der Waals surface area contributed by atoms with Gasteiger partial charge in [-0.05, 0) is 42.3 Å². The van der Waals surface area contributed by atoms with Gasteiger partial charge in [0.2, 0.25) is 5.75 Å². The van der Waals surface area contributed by atoms with Crippen molar-refractivity contribution in [3.8, 4) is 34.1 Å². The molecule has 0 amide bonds. The fraction of sp³-hybridized carbons (Fsp3) is 0.333. The lowest BCUT2D eigenvalue weighted by atomic mass is 10.0. The van der Waals surface area contributed by atoms with Gasteiger partial charge in [-0.1, -0.05) is 6.07 Å². The summed E-state index contributed by atoms with van der Waals surface area (Å²) < 4.78 is 22.6. The van der Waals surface area contributed by atoms with Crippen molar-refractivity contribution in [1.29, 1.82) is 0 Å². The fourth-order valence-corrected chi connectivity index (χ4v) is 3.83. The number of nitrogens with zero attached hydrogens (tertiary/aromatic N) is 3. The lowest BCUT2D eigenvalue weighted by Gasteiger charge is -2.26. The van der Waals surface area contributed by atoms with Gasteiger partial charge in [0.1, 0.15) is 18.7 Å². The summed E-state index contributed by atoms with van der Waals surface area (Å²) in [5.74, 6) is 2.82. The van der Waals surface area contributed by atoms with Crippen LogP contribution < -0.4 is 18.9 Å². The monoisotopic (exact) mass is 421 g/mol. The quantitative estimate of drug-likeness (QED) is 0.597. The van der Waals surface area contributed by atoms with Crippen LogP contribution in [0.15, 0.2) is 49.1 Å². The number of benzene rings is 2. The van der Waals surface area contributed by atoms with Crippen LogP contribution >= 0.6 is 0 Å². The van der Waals surface area contributed by atoms with Crippen LogP contribution in [0.2, 0.25) is 0 Å². The van der Waals surface area contributed by atoms with Crippen molar-refractivity contribution in [3.63, 3.8) is 0 Å². The second kappa shape index (κ2) is 9.22. The van der Waals surface area contributed by atoms with E-state index in [-0.39, 0.29) is 6.04 Å². The molecule has 2 heterocycles. The molecule has 7 nitrogen and oxygen atoms in total. The molecule has 0 spiro atoms. The highest BCUT2D eigenvalue weighted by atomic mass is 16.5. The number of hydrogen-bond acceptors (Lipinski definition) is 7. The number of fused-ring (bicyclic) bond motifs is 1. The van der Waals surface area contributed by atoms with Gasteiger partial charge in [0, 0.05) is 42.7 Å². The van der Waals surface area contributed by atoms with Crippen LogP contribution in [0.4, 0.5) is 0 Å². The first-order chi connectivity index (χ1) is 15.1. The summed E-state index contributed by atoms with van der Waals surface area (Å²) in [5.41, 5.74) is 4.28. The van der Waals surface area contributed by atoms with Gasteiger partial charge in [0.25, 0.3) is 0 Å². The van der Waals surface area contributed by atoms with Crippen LogP contribution in [0.25, 0.3) is 11.1 Å². The average Bonchev–Trinajstić information content (AvgIpc) is 2.97. The minimum atomic E-state index is 0.231. The van der Waals surface area contributed by atoms with Crippen molar-refractivity contribution in [3.05, 3.63) is 60.2 Å². The van der Waals surface area contributed by atoms with E-state index in [9.17, 15) is 0 Å². The number of aromatic nitrogens is 2. The van der Waals surface area contributed by atoms with Crippen molar-refractivity contribution in [2.75, 3.05) is 27.9 Å². The molecule has 1 aliphatic rings. The molecule has 0 bridgehead atoms. The van der Waals surface area contributed by atoms with Crippen LogP contribution in [0.3, 0.4) is 0 Å². The predicted octanol–water partition coefficient (Wildman–Crippen LogP) is 3.95. The Morgan fingerprint density at radius 3 is 2.32 bits per heavy atom. The molecule has 7 heteroatoms. The zero-order valence-corrected chi connectivity index (χ0v) is 18.3. The lowest BCUT2D eigenvalue weighted by Crippen LogP contribution is -2.34. The van der Waals surface area contributed by atoms with Gasteiger partial charge in [-0.15, -0.1) is 0 Å². The van der Waals surface area contributed by atoms with E-state index in [1.165, 1.54) is 6.33 Å². The normalized spacial score (nSPS) is 16.1. The molecule has 0 unspecified atom stereocenters. The van der Waals surface area contributed by atoms with E-state index in [1.807, 2.05) is 30.6 Å². The van der Waals surface area contributed by atoms with E-state index < -0.39 is 0 Å². The fourth-order valence-electron chi connectivity index (χ4n) is 3.83. The van der Waals surface area contributed by atoms with Gasteiger partial charge in [0.05, 0.1) is 21.3 Å². The summed E-state index contributed by atoms with van der Waals surface area (Å²) in [4.78, 5) is 10.7. The maximum atomic E-state index is 6.10. The summed E-state index contributed by atoms with van der Waals surface area (Å²) in [7, 11) is 4.88. The summed E-state index contributed by atoms with van der Waals surface area (Å²) in [5, 5.41) is 0. The Bertz CT molecular complexity index is 1020. The maximum absolute atomic E-state index is 6.10. The van der Waals surface area contributed by atoms with Gasteiger partial charge < -0.3 is 18.9 Å². The van der Waals surface area contributed by atoms with Gasteiger partial charge in [-0.3, -0.25) is 4.90 Å². The first-order valence-electron chi connectivity index (χ1n) is 10.2. The highest BCUT2D eigenvalue weighted by Gasteiger charge is 2.23. The molecule has 3 aromatic rings. The van der Waals surface area contributed by atoms with Crippen molar-refractivity contribution >= 4 is 0 Å². The average molecular weight is 421 g/mol. The van der Waals surface area contributed by atoms with Crippen molar-refractivity contribution in [2.24, 2.45) is 0 Å². The van der Waals surface area contributed by atoms with E-state index in [1.54, 1.807) is 21.3 Å². The number of hydrogen-bond donors (Lipinski definition) is 0. The van der Waals surface area contributed by atoms with E-state index in [0.29, 0.717) is 23.9 Å². The van der Waals surface area contributed by atoms with E-state index in [0.717, 1.165) is 41.1 Å². The summed E-state index contributed by atoms with van der Waals surface area (Å²) in [6.07, 6.45) is 5.18. The van der Waals surface area contributed by atoms with Gasteiger partial charge in [-0.2, -0.15) is 0 Å². The largest absolute Gasteiger partial charge is 0.493 e. The molecule has 0 saturated carbocycles. The molecule has 2 aromatic carbocycles. The Hall–Kier alpha value is -3.32. The van der Waals surface area contributed by atoms with Crippen molar-refractivity contribution in [1.82, 2.24) is 14.9 Å². The van der Waals surface area contributed by atoms with Crippen LogP contribution in [0.1, 0.15) is 18.1 Å². The Morgan fingerprint density at radius 2 is 1.68 bits per heavy atom. The predicted molar refractivity (Wildman–Crippen MR) is 118 cm³/mol. The summed E-state index contributed by atoms with van der Waals surface area (Å²) in [6.45, 7) is 4.27. The smallest absolute Gasteiger partial charge is 0.203 e. The molecular weight excluding hydrogens is 394 g/mol. The third kappa shape index (κ3) is 4.41. The maximum Gasteiger partial charge on any atom is 0.203 e. The minimum absolute atomic E-state index is 0.231. The number of rotatable bonds is 6. The molecule has 162 valence electrons. The zero-order valence-electron chi connectivity index (χ0n) is 18.3. The molecule has 31 heavy (non-hydrogen) atoms. The lowest BCUT2D eigenvalue weighted by molar-refractivity contribution is 0.151. The van der Waals surface area contributed by atoms with Crippen LogP contribution in [-0.4, -0.2) is 48.8 Å². The molecular formula is C24H27N3O4. The third-order valence-corrected chi connectivity index (χ3v) is 5.54. The second-order valence-electron chi connectivity index (χ2n) is 7.55. The Balaban J connectivity index is 1.63. The van der Waals surface area contributed by atoms with E-state index in [4.69, 9.17) is 18.9 Å². The minimum Gasteiger partial charge on any atom is -0.493 e. The Labute approximate surface area is 182 Å². The summed E-state index contributed by atoms with van der Waals surface area (Å²) in [6, 6.07) is 10.5. The SMILES string of the molecule is COc1cc(CN2Cc3cc(-c4cncnc4)ccc3OC[C@@H]2C)cc(OC)c1OC. The summed E-state index contributed by atoms with van der Waals surface area (Å²) >= 11 is 0. The van der Waals surface area contributed by atoms with Gasteiger partial charge in [-0.25, -0.2) is 9.97 Å². The molecule has 1 aromatic heterocycles.